The molecule has 104 valence electrons. The van der Waals surface area contributed by atoms with Crippen LogP contribution in [0.3, 0.4) is 0 Å². The lowest BCUT2D eigenvalue weighted by molar-refractivity contribution is 0.111. The van der Waals surface area contributed by atoms with Gasteiger partial charge in [-0.25, -0.2) is 0 Å². The van der Waals surface area contributed by atoms with Crippen molar-refractivity contribution in [2.45, 2.75) is 44.9 Å². The molecule has 1 heterocycles. The molecule has 1 aromatic rings. The van der Waals surface area contributed by atoms with E-state index >= 15 is 0 Å². The number of nitrogens with one attached hydrogen (secondary N) is 1. The van der Waals surface area contributed by atoms with Crippen LogP contribution in [0.4, 0.5) is 0 Å². The lowest BCUT2D eigenvalue weighted by Gasteiger charge is -2.46. The summed E-state index contributed by atoms with van der Waals surface area (Å²) in [6.45, 7) is 4.77. The fourth-order valence-electron chi connectivity index (χ4n) is 3.89. The molecule has 0 radical (unpaired) electrons. The first kappa shape index (κ1) is 13.5. The smallest absolute Gasteiger partial charge is 0.0408 e. The SMILES string of the molecule is CC1(CC2CCC2)CCNCC1c1cccc(Cl)c1. The first-order valence-electron chi connectivity index (χ1n) is 7.63. The third-order valence-electron chi connectivity index (χ3n) is 5.29. The van der Waals surface area contributed by atoms with E-state index in [0.717, 1.165) is 17.5 Å². The highest BCUT2D eigenvalue weighted by atomic mass is 35.5. The molecule has 2 unspecified atom stereocenters. The van der Waals surface area contributed by atoms with Crippen molar-refractivity contribution in [2.24, 2.45) is 11.3 Å². The lowest BCUT2D eigenvalue weighted by atomic mass is 9.62. The van der Waals surface area contributed by atoms with Crippen LogP contribution in [-0.4, -0.2) is 13.1 Å². The maximum atomic E-state index is 6.18. The zero-order chi connectivity index (χ0) is 13.3. The van der Waals surface area contributed by atoms with Crippen LogP contribution in [0.2, 0.25) is 5.02 Å². The van der Waals surface area contributed by atoms with Crippen LogP contribution in [0.25, 0.3) is 0 Å². The fraction of sp³-hybridized carbons (Fsp3) is 0.647. The van der Waals surface area contributed by atoms with E-state index in [9.17, 15) is 0 Å². The van der Waals surface area contributed by atoms with Gasteiger partial charge in [-0.05, 0) is 48.4 Å². The second kappa shape index (κ2) is 5.46. The van der Waals surface area contributed by atoms with Crippen LogP contribution in [0.1, 0.15) is 50.5 Å². The topological polar surface area (TPSA) is 12.0 Å². The second-order valence-corrected chi connectivity index (χ2v) is 7.15. The van der Waals surface area contributed by atoms with Crippen molar-refractivity contribution in [1.29, 1.82) is 0 Å². The van der Waals surface area contributed by atoms with Gasteiger partial charge in [-0.2, -0.15) is 0 Å². The maximum Gasteiger partial charge on any atom is 0.0408 e. The highest BCUT2D eigenvalue weighted by molar-refractivity contribution is 6.30. The van der Waals surface area contributed by atoms with Crippen molar-refractivity contribution in [3.63, 3.8) is 0 Å². The minimum absolute atomic E-state index is 0.445. The van der Waals surface area contributed by atoms with Crippen LogP contribution in [0.5, 0.6) is 0 Å². The van der Waals surface area contributed by atoms with E-state index in [1.165, 1.54) is 44.2 Å². The largest absolute Gasteiger partial charge is 0.316 e. The summed E-state index contributed by atoms with van der Waals surface area (Å²) >= 11 is 6.18. The molecule has 1 saturated carbocycles. The standard InChI is InChI=1S/C17H24ClN/c1-17(11-13-4-2-5-13)8-9-19-12-16(17)14-6-3-7-15(18)10-14/h3,6-7,10,13,16,19H,2,4-5,8-9,11-12H2,1H3. The van der Waals surface area contributed by atoms with Crippen LogP contribution in [0.15, 0.2) is 24.3 Å². The molecule has 2 aliphatic rings. The van der Waals surface area contributed by atoms with Crippen LogP contribution >= 0.6 is 11.6 Å². The Bertz CT molecular complexity index is 441. The van der Waals surface area contributed by atoms with Gasteiger partial charge in [-0.3, -0.25) is 0 Å². The van der Waals surface area contributed by atoms with E-state index in [1.54, 1.807) is 0 Å². The first-order chi connectivity index (χ1) is 9.17. The Labute approximate surface area is 121 Å². The third-order valence-corrected chi connectivity index (χ3v) is 5.53. The van der Waals surface area contributed by atoms with Gasteiger partial charge in [0, 0.05) is 17.5 Å². The van der Waals surface area contributed by atoms with Crippen LogP contribution in [0, 0.1) is 11.3 Å². The minimum atomic E-state index is 0.445. The molecule has 0 spiro atoms. The van der Waals surface area contributed by atoms with E-state index in [4.69, 9.17) is 11.6 Å². The van der Waals surface area contributed by atoms with E-state index in [2.05, 4.69) is 30.4 Å². The Kier molecular flexibility index (Phi) is 3.86. The molecule has 1 aliphatic heterocycles. The number of halogens is 1. The monoisotopic (exact) mass is 277 g/mol. The molecule has 2 heteroatoms. The molecular formula is C17H24ClN. The fourth-order valence-corrected chi connectivity index (χ4v) is 4.08. The molecule has 1 aliphatic carbocycles. The Morgan fingerprint density at radius 2 is 2.21 bits per heavy atom. The predicted molar refractivity (Wildman–Crippen MR) is 81.7 cm³/mol. The number of benzene rings is 1. The van der Waals surface area contributed by atoms with Crippen molar-refractivity contribution in [2.75, 3.05) is 13.1 Å². The van der Waals surface area contributed by atoms with E-state index < -0.39 is 0 Å². The van der Waals surface area contributed by atoms with Crippen molar-refractivity contribution < 1.29 is 0 Å². The van der Waals surface area contributed by atoms with Gasteiger partial charge in [0.15, 0.2) is 0 Å². The molecular weight excluding hydrogens is 254 g/mol. The average Bonchev–Trinajstić information content (AvgIpc) is 2.35. The second-order valence-electron chi connectivity index (χ2n) is 6.72. The molecule has 0 bridgehead atoms. The summed E-state index contributed by atoms with van der Waals surface area (Å²) in [5, 5.41) is 4.44. The van der Waals surface area contributed by atoms with Crippen molar-refractivity contribution >= 4 is 11.6 Å². The van der Waals surface area contributed by atoms with Crippen LogP contribution in [-0.2, 0) is 0 Å². The summed E-state index contributed by atoms with van der Waals surface area (Å²) in [5.74, 6) is 1.59. The Morgan fingerprint density at radius 1 is 1.37 bits per heavy atom. The van der Waals surface area contributed by atoms with E-state index in [-0.39, 0.29) is 0 Å². The molecule has 3 rings (SSSR count). The molecule has 19 heavy (non-hydrogen) atoms. The zero-order valence-electron chi connectivity index (χ0n) is 11.8. The molecule has 1 saturated heterocycles. The quantitative estimate of drug-likeness (QED) is 0.850. The third kappa shape index (κ3) is 2.83. The van der Waals surface area contributed by atoms with E-state index in [0.29, 0.717) is 11.3 Å². The van der Waals surface area contributed by atoms with Crippen molar-refractivity contribution in [1.82, 2.24) is 5.32 Å². The minimum Gasteiger partial charge on any atom is -0.316 e. The number of hydrogen-bond acceptors (Lipinski definition) is 1. The van der Waals surface area contributed by atoms with Crippen molar-refractivity contribution in [3.05, 3.63) is 34.9 Å². The molecule has 1 nitrogen and oxygen atoms in total. The van der Waals surface area contributed by atoms with E-state index in [1.807, 2.05) is 6.07 Å². The van der Waals surface area contributed by atoms with Gasteiger partial charge in [-0.1, -0.05) is 49.9 Å². The summed E-state index contributed by atoms with van der Waals surface area (Å²) < 4.78 is 0. The van der Waals surface area contributed by atoms with Gasteiger partial charge in [0.2, 0.25) is 0 Å². The number of hydrogen-bond donors (Lipinski definition) is 1. The molecule has 2 fully saturated rings. The first-order valence-corrected chi connectivity index (χ1v) is 8.01. The highest BCUT2D eigenvalue weighted by Gasteiger charge is 2.40. The molecule has 1 aromatic carbocycles. The molecule has 0 aromatic heterocycles. The predicted octanol–water partition coefficient (Wildman–Crippen LogP) is 4.61. The maximum absolute atomic E-state index is 6.18. The lowest BCUT2D eigenvalue weighted by Crippen LogP contribution is -2.43. The molecule has 1 N–H and O–H groups in total. The van der Waals surface area contributed by atoms with Gasteiger partial charge in [0.1, 0.15) is 0 Å². The van der Waals surface area contributed by atoms with Gasteiger partial charge in [0.25, 0.3) is 0 Å². The van der Waals surface area contributed by atoms with Crippen LogP contribution < -0.4 is 5.32 Å². The molecule has 0 amide bonds. The van der Waals surface area contributed by atoms with Gasteiger partial charge in [0.05, 0.1) is 0 Å². The number of rotatable bonds is 3. The zero-order valence-corrected chi connectivity index (χ0v) is 12.5. The van der Waals surface area contributed by atoms with Gasteiger partial charge >= 0.3 is 0 Å². The summed E-state index contributed by atoms with van der Waals surface area (Å²) in [6, 6.07) is 8.49. The Balaban J connectivity index is 1.83. The Hall–Kier alpha value is -0.530. The van der Waals surface area contributed by atoms with Gasteiger partial charge < -0.3 is 5.32 Å². The molecule has 2 atom stereocenters. The summed E-state index contributed by atoms with van der Waals surface area (Å²) in [5.41, 5.74) is 1.86. The number of piperidine rings is 1. The summed E-state index contributed by atoms with van der Waals surface area (Å²) in [7, 11) is 0. The van der Waals surface area contributed by atoms with Gasteiger partial charge in [-0.15, -0.1) is 0 Å². The normalized spacial score (nSPS) is 32.0. The Morgan fingerprint density at radius 3 is 2.89 bits per heavy atom. The summed E-state index contributed by atoms with van der Waals surface area (Å²) in [4.78, 5) is 0. The summed E-state index contributed by atoms with van der Waals surface area (Å²) in [6.07, 6.45) is 7.03. The highest BCUT2D eigenvalue weighted by Crippen LogP contribution is 2.48. The van der Waals surface area contributed by atoms with Crippen molar-refractivity contribution in [3.8, 4) is 0 Å². The average molecular weight is 278 g/mol.